The number of piperidine rings is 1. The molecule has 0 aliphatic carbocycles. The summed E-state index contributed by atoms with van der Waals surface area (Å²) in [5.41, 5.74) is 0.410. The van der Waals surface area contributed by atoms with Gasteiger partial charge in [0.05, 0.1) is 10.5 Å². The van der Waals surface area contributed by atoms with Gasteiger partial charge in [-0.1, -0.05) is 11.3 Å². The molecule has 0 unspecified atom stereocenters. The minimum Gasteiger partial charge on any atom is -0.339 e. The Hall–Kier alpha value is -1.18. The number of amides is 1. The number of hydrogen-bond donors (Lipinski definition) is 1. The monoisotopic (exact) mass is 305 g/mol. The largest absolute Gasteiger partial charge is 0.339 e. The van der Waals surface area contributed by atoms with Gasteiger partial charge in [0.1, 0.15) is 0 Å². The highest BCUT2D eigenvalue weighted by molar-refractivity contribution is 7.13. The average Bonchev–Trinajstić information content (AvgIpc) is 2.88. The van der Waals surface area contributed by atoms with Gasteiger partial charge in [-0.15, -0.1) is 12.4 Å². The number of rotatable bonds is 3. The molecule has 1 N–H and O–H groups in total. The van der Waals surface area contributed by atoms with Gasteiger partial charge in [0.2, 0.25) is 0 Å². The predicted octanol–water partition coefficient (Wildman–Crippen LogP) is 1.90. The number of carbonyl (C=O) groups is 1. The zero-order chi connectivity index (χ0) is 13.1. The van der Waals surface area contributed by atoms with E-state index in [-0.39, 0.29) is 29.4 Å². The third kappa shape index (κ3) is 3.65. The summed E-state index contributed by atoms with van der Waals surface area (Å²) in [7, 11) is 1.77. The number of hydrogen-bond acceptors (Lipinski definition) is 5. The fraction of sp³-hybridized carbons (Fsp3) is 0.545. The molecular formula is C11H16ClN3O3S. The lowest BCUT2D eigenvalue weighted by Crippen LogP contribution is -2.43. The van der Waals surface area contributed by atoms with Crippen molar-refractivity contribution in [2.24, 2.45) is 0 Å². The van der Waals surface area contributed by atoms with E-state index in [9.17, 15) is 14.9 Å². The summed E-state index contributed by atoms with van der Waals surface area (Å²) in [6.45, 7) is 1.82. The molecule has 8 heteroatoms. The Balaban J connectivity index is 0.00000180. The minimum absolute atomic E-state index is 0. The Kier molecular flexibility index (Phi) is 5.71. The molecule has 1 amide bonds. The van der Waals surface area contributed by atoms with Crippen molar-refractivity contribution < 1.29 is 9.72 Å². The summed E-state index contributed by atoms with van der Waals surface area (Å²) >= 11 is 0.991. The van der Waals surface area contributed by atoms with Crippen LogP contribution in [0.3, 0.4) is 0 Å². The molecule has 106 valence electrons. The summed E-state index contributed by atoms with van der Waals surface area (Å²) in [6, 6.07) is 1.57. The topological polar surface area (TPSA) is 75.5 Å². The van der Waals surface area contributed by atoms with Gasteiger partial charge in [-0.25, -0.2) is 0 Å². The van der Waals surface area contributed by atoms with Crippen LogP contribution in [0.1, 0.15) is 23.2 Å². The Labute approximate surface area is 121 Å². The molecule has 19 heavy (non-hydrogen) atoms. The maximum atomic E-state index is 12.2. The van der Waals surface area contributed by atoms with Crippen LogP contribution in [0.5, 0.6) is 0 Å². The number of nitrogens with zero attached hydrogens (tertiary/aromatic N) is 2. The predicted molar refractivity (Wildman–Crippen MR) is 76.2 cm³/mol. The molecule has 0 saturated carbocycles. The molecule has 1 aromatic heterocycles. The summed E-state index contributed by atoms with van der Waals surface area (Å²) in [6.07, 6.45) is 1.85. The summed E-state index contributed by atoms with van der Waals surface area (Å²) in [4.78, 5) is 24.0. The smallest absolute Gasteiger partial charge is 0.324 e. The van der Waals surface area contributed by atoms with Crippen LogP contribution in [0.2, 0.25) is 0 Å². The van der Waals surface area contributed by atoms with Crippen molar-refractivity contribution in [3.05, 3.63) is 27.1 Å². The fourth-order valence-electron chi connectivity index (χ4n) is 2.10. The van der Waals surface area contributed by atoms with Crippen LogP contribution in [0.4, 0.5) is 5.00 Å². The molecule has 1 fully saturated rings. The van der Waals surface area contributed by atoms with E-state index in [0.717, 1.165) is 37.3 Å². The molecule has 0 bridgehead atoms. The van der Waals surface area contributed by atoms with Gasteiger partial charge in [-0.3, -0.25) is 14.9 Å². The molecule has 2 rings (SSSR count). The molecule has 1 aliphatic heterocycles. The van der Waals surface area contributed by atoms with Crippen LogP contribution in [-0.2, 0) is 0 Å². The summed E-state index contributed by atoms with van der Waals surface area (Å²) < 4.78 is 0. The van der Waals surface area contributed by atoms with Crippen molar-refractivity contribution in [2.45, 2.75) is 18.9 Å². The first-order chi connectivity index (χ1) is 8.59. The maximum Gasteiger partial charge on any atom is 0.324 e. The molecule has 0 radical (unpaired) electrons. The van der Waals surface area contributed by atoms with E-state index in [1.165, 1.54) is 6.07 Å². The standard InChI is InChI=1S/C11H15N3O3S.ClH/c1-13(9-2-4-12-5-3-9)11(15)8-6-10(14(16)17)18-7-8;/h6-7,9,12H,2-5H2,1H3;1H. The number of carbonyl (C=O) groups excluding carboxylic acids is 1. The first-order valence-corrected chi connectivity index (χ1v) is 6.68. The van der Waals surface area contributed by atoms with Crippen LogP contribution in [0, 0.1) is 10.1 Å². The first-order valence-electron chi connectivity index (χ1n) is 5.80. The molecule has 6 nitrogen and oxygen atoms in total. The average molecular weight is 306 g/mol. The lowest BCUT2D eigenvalue weighted by molar-refractivity contribution is -0.380. The highest BCUT2D eigenvalue weighted by Crippen LogP contribution is 2.24. The van der Waals surface area contributed by atoms with Gasteiger partial charge in [0.25, 0.3) is 5.91 Å². The van der Waals surface area contributed by atoms with E-state index < -0.39 is 4.92 Å². The van der Waals surface area contributed by atoms with Gasteiger partial charge in [0, 0.05) is 24.5 Å². The number of nitrogens with one attached hydrogen (secondary N) is 1. The van der Waals surface area contributed by atoms with Crippen LogP contribution >= 0.6 is 23.7 Å². The lowest BCUT2D eigenvalue weighted by Gasteiger charge is -2.31. The maximum absolute atomic E-state index is 12.2. The normalized spacial score (nSPS) is 15.6. The molecular weight excluding hydrogens is 290 g/mol. The van der Waals surface area contributed by atoms with Crippen molar-refractivity contribution in [2.75, 3.05) is 20.1 Å². The van der Waals surface area contributed by atoms with Crippen LogP contribution in [-0.4, -0.2) is 41.9 Å². The van der Waals surface area contributed by atoms with E-state index in [1.54, 1.807) is 17.3 Å². The molecule has 2 heterocycles. The third-order valence-electron chi connectivity index (χ3n) is 3.19. The van der Waals surface area contributed by atoms with Crippen molar-refractivity contribution in [1.82, 2.24) is 10.2 Å². The second-order valence-corrected chi connectivity index (χ2v) is 5.22. The molecule has 0 aromatic carbocycles. The number of halogens is 1. The van der Waals surface area contributed by atoms with Crippen LogP contribution in [0.15, 0.2) is 11.4 Å². The molecule has 0 spiro atoms. The molecule has 0 atom stereocenters. The lowest BCUT2D eigenvalue weighted by atomic mass is 10.0. The van der Waals surface area contributed by atoms with Crippen molar-refractivity contribution in [3.8, 4) is 0 Å². The fourth-order valence-corrected chi connectivity index (χ4v) is 2.79. The van der Waals surface area contributed by atoms with Gasteiger partial charge in [-0.05, 0) is 25.9 Å². The number of nitro groups is 1. The Morgan fingerprint density at radius 2 is 2.16 bits per heavy atom. The SMILES string of the molecule is CN(C(=O)c1csc([N+](=O)[O-])c1)C1CCNCC1.Cl. The molecule has 1 aromatic rings. The first kappa shape index (κ1) is 15.9. The van der Waals surface area contributed by atoms with Crippen LogP contribution < -0.4 is 5.32 Å². The zero-order valence-corrected chi connectivity index (χ0v) is 12.1. The van der Waals surface area contributed by atoms with Gasteiger partial charge >= 0.3 is 5.00 Å². The second-order valence-electron chi connectivity index (χ2n) is 4.33. The second kappa shape index (κ2) is 6.83. The Morgan fingerprint density at radius 1 is 1.53 bits per heavy atom. The summed E-state index contributed by atoms with van der Waals surface area (Å²) in [5, 5.41) is 15.4. The highest BCUT2D eigenvalue weighted by atomic mass is 35.5. The number of thiophene rings is 1. The van der Waals surface area contributed by atoms with Gasteiger partial charge < -0.3 is 10.2 Å². The van der Waals surface area contributed by atoms with E-state index in [0.29, 0.717) is 5.56 Å². The van der Waals surface area contributed by atoms with Crippen molar-refractivity contribution in [1.29, 1.82) is 0 Å². The molecule has 1 saturated heterocycles. The zero-order valence-electron chi connectivity index (χ0n) is 10.5. The minimum atomic E-state index is -0.466. The van der Waals surface area contributed by atoms with Gasteiger partial charge in [0.15, 0.2) is 0 Å². The quantitative estimate of drug-likeness (QED) is 0.683. The van der Waals surface area contributed by atoms with Crippen molar-refractivity contribution >= 4 is 34.7 Å². The Bertz CT molecular complexity index is 460. The van der Waals surface area contributed by atoms with E-state index >= 15 is 0 Å². The van der Waals surface area contributed by atoms with Crippen LogP contribution in [0.25, 0.3) is 0 Å². The van der Waals surface area contributed by atoms with Gasteiger partial charge in [-0.2, -0.15) is 0 Å². The van der Waals surface area contributed by atoms with Crippen molar-refractivity contribution in [3.63, 3.8) is 0 Å². The Morgan fingerprint density at radius 3 is 2.68 bits per heavy atom. The van der Waals surface area contributed by atoms with E-state index in [2.05, 4.69) is 5.32 Å². The summed E-state index contributed by atoms with van der Waals surface area (Å²) in [5.74, 6) is -0.133. The third-order valence-corrected chi connectivity index (χ3v) is 4.07. The van der Waals surface area contributed by atoms with E-state index in [4.69, 9.17) is 0 Å². The van der Waals surface area contributed by atoms with E-state index in [1.807, 2.05) is 0 Å². The molecule has 1 aliphatic rings. The highest BCUT2D eigenvalue weighted by Gasteiger charge is 2.24.